The summed E-state index contributed by atoms with van der Waals surface area (Å²) in [6.45, 7) is 2.25. The SMILES string of the molecule is CC1CCC(N(C)C(=O)c2ccnc(F)c2)CC1. The fourth-order valence-electron chi connectivity index (χ4n) is 2.53. The first kappa shape index (κ1) is 13.0. The van der Waals surface area contributed by atoms with Crippen LogP contribution in [0.25, 0.3) is 0 Å². The predicted octanol–water partition coefficient (Wildman–Crippen LogP) is 2.87. The second-order valence-electron chi connectivity index (χ2n) is 5.20. The van der Waals surface area contributed by atoms with E-state index in [-0.39, 0.29) is 11.9 Å². The molecule has 0 aromatic carbocycles. The summed E-state index contributed by atoms with van der Waals surface area (Å²) in [5.41, 5.74) is 0.378. The van der Waals surface area contributed by atoms with Crippen molar-refractivity contribution in [3.63, 3.8) is 0 Å². The van der Waals surface area contributed by atoms with E-state index in [0.29, 0.717) is 5.56 Å². The maximum atomic E-state index is 13.0. The van der Waals surface area contributed by atoms with Crippen LogP contribution in [-0.2, 0) is 0 Å². The normalized spacial score (nSPS) is 23.7. The number of halogens is 1. The Morgan fingerprint density at radius 2 is 2.06 bits per heavy atom. The van der Waals surface area contributed by atoms with Gasteiger partial charge >= 0.3 is 0 Å². The van der Waals surface area contributed by atoms with Crippen molar-refractivity contribution in [3.05, 3.63) is 29.8 Å². The molecule has 1 saturated carbocycles. The van der Waals surface area contributed by atoms with Crippen molar-refractivity contribution in [2.75, 3.05) is 7.05 Å². The van der Waals surface area contributed by atoms with Gasteiger partial charge in [0.2, 0.25) is 5.95 Å². The molecule has 1 aliphatic rings. The van der Waals surface area contributed by atoms with Crippen LogP contribution >= 0.6 is 0 Å². The van der Waals surface area contributed by atoms with E-state index in [0.717, 1.165) is 31.6 Å². The van der Waals surface area contributed by atoms with Gasteiger partial charge in [0.15, 0.2) is 0 Å². The number of pyridine rings is 1. The zero-order chi connectivity index (χ0) is 13.1. The summed E-state index contributed by atoms with van der Waals surface area (Å²) in [6, 6.07) is 3.04. The molecule has 0 spiro atoms. The summed E-state index contributed by atoms with van der Waals surface area (Å²) in [5.74, 6) is 0.0329. The lowest BCUT2D eigenvalue weighted by Crippen LogP contribution is -2.39. The number of carbonyl (C=O) groups excluding carboxylic acids is 1. The van der Waals surface area contributed by atoms with Gasteiger partial charge in [-0.25, -0.2) is 4.98 Å². The summed E-state index contributed by atoms with van der Waals surface area (Å²) in [5, 5.41) is 0. The molecule has 1 fully saturated rings. The molecule has 3 nitrogen and oxygen atoms in total. The molecule has 0 atom stereocenters. The average Bonchev–Trinajstić information content (AvgIpc) is 2.38. The smallest absolute Gasteiger partial charge is 0.254 e. The van der Waals surface area contributed by atoms with Crippen LogP contribution in [0.4, 0.5) is 4.39 Å². The van der Waals surface area contributed by atoms with Crippen molar-refractivity contribution >= 4 is 5.91 Å². The molecule has 0 bridgehead atoms. The van der Waals surface area contributed by atoms with Crippen LogP contribution in [0.5, 0.6) is 0 Å². The Bertz CT molecular complexity index is 428. The molecule has 4 heteroatoms. The van der Waals surface area contributed by atoms with Gasteiger partial charge in [0.05, 0.1) is 0 Å². The van der Waals surface area contributed by atoms with Gasteiger partial charge in [-0.1, -0.05) is 6.92 Å². The summed E-state index contributed by atoms with van der Waals surface area (Å²) in [6.07, 6.45) is 5.73. The number of amides is 1. The number of hydrogen-bond donors (Lipinski definition) is 0. The highest BCUT2D eigenvalue weighted by Crippen LogP contribution is 2.27. The second kappa shape index (κ2) is 5.46. The number of rotatable bonds is 2. The van der Waals surface area contributed by atoms with Crippen molar-refractivity contribution in [2.24, 2.45) is 5.92 Å². The third-order valence-corrected chi connectivity index (χ3v) is 3.83. The summed E-state index contributed by atoms with van der Waals surface area (Å²) in [7, 11) is 1.81. The lowest BCUT2D eigenvalue weighted by molar-refractivity contribution is 0.0679. The van der Waals surface area contributed by atoms with Crippen molar-refractivity contribution in [3.8, 4) is 0 Å². The summed E-state index contributed by atoms with van der Waals surface area (Å²) < 4.78 is 13.0. The van der Waals surface area contributed by atoms with Crippen LogP contribution in [0, 0.1) is 11.9 Å². The second-order valence-corrected chi connectivity index (χ2v) is 5.20. The lowest BCUT2D eigenvalue weighted by Gasteiger charge is -2.33. The Balaban J connectivity index is 2.04. The molecule has 0 N–H and O–H groups in total. The monoisotopic (exact) mass is 250 g/mol. The lowest BCUT2D eigenvalue weighted by atomic mass is 9.86. The maximum absolute atomic E-state index is 13.0. The van der Waals surface area contributed by atoms with E-state index in [4.69, 9.17) is 0 Å². The Morgan fingerprint density at radius 1 is 1.39 bits per heavy atom. The van der Waals surface area contributed by atoms with E-state index in [9.17, 15) is 9.18 Å². The van der Waals surface area contributed by atoms with Crippen LogP contribution in [0.2, 0.25) is 0 Å². The standard InChI is InChI=1S/C14H19FN2O/c1-10-3-5-12(6-4-10)17(2)14(18)11-7-8-16-13(15)9-11/h7-10,12H,3-6H2,1-2H3. The van der Waals surface area contributed by atoms with Crippen LogP contribution in [-0.4, -0.2) is 28.9 Å². The zero-order valence-electron chi connectivity index (χ0n) is 10.9. The van der Waals surface area contributed by atoms with Gasteiger partial charge in [-0.05, 0) is 37.7 Å². The molecular weight excluding hydrogens is 231 g/mol. The van der Waals surface area contributed by atoms with Crippen molar-refractivity contribution in [1.82, 2.24) is 9.88 Å². The number of hydrogen-bond acceptors (Lipinski definition) is 2. The first-order valence-electron chi connectivity index (χ1n) is 6.46. The van der Waals surface area contributed by atoms with Gasteiger partial charge in [0.1, 0.15) is 0 Å². The van der Waals surface area contributed by atoms with E-state index in [1.165, 1.54) is 12.3 Å². The Morgan fingerprint density at radius 3 is 2.67 bits per heavy atom. The minimum absolute atomic E-state index is 0.115. The van der Waals surface area contributed by atoms with Gasteiger partial charge in [-0.3, -0.25) is 4.79 Å². The molecule has 1 heterocycles. The van der Waals surface area contributed by atoms with Crippen molar-refractivity contribution in [1.29, 1.82) is 0 Å². The van der Waals surface area contributed by atoms with E-state index >= 15 is 0 Å². The highest BCUT2D eigenvalue weighted by atomic mass is 19.1. The highest BCUT2D eigenvalue weighted by Gasteiger charge is 2.25. The molecule has 0 saturated heterocycles. The Hall–Kier alpha value is -1.45. The summed E-state index contributed by atoms with van der Waals surface area (Å²) in [4.78, 5) is 17.4. The van der Waals surface area contributed by atoms with Gasteiger partial charge < -0.3 is 4.90 Å². The van der Waals surface area contributed by atoms with Crippen LogP contribution in [0.15, 0.2) is 18.3 Å². The molecule has 1 aromatic rings. The van der Waals surface area contributed by atoms with Gasteiger partial charge in [-0.2, -0.15) is 4.39 Å². The fourth-order valence-corrected chi connectivity index (χ4v) is 2.53. The molecular formula is C14H19FN2O. The minimum Gasteiger partial charge on any atom is -0.339 e. The Kier molecular flexibility index (Phi) is 3.94. The molecule has 1 aromatic heterocycles. The van der Waals surface area contributed by atoms with Crippen molar-refractivity contribution < 1.29 is 9.18 Å². The predicted molar refractivity (Wildman–Crippen MR) is 67.7 cm³/mol. The minimum atomic E-state index is -0.605. The molecule has 98 valence electrons. The van der Waals surface area contributed by atoms with Gasteiger partial charge in [0, 0.05) is 30.9 Å². The van der Waals surface area contributed by atoms with Gasteiger partial charge in [-0.15, -0.1) is 0 Å². The van der Waals surface area contributed by atoms with E-state index in [2.05, 4.69) is 11.9 Å². The topological polar surface area (TPSA) is 33.2 Å². The number of carbonyl (C=O) groups is 1. The third-order valence-electron chi connectivity index (χ3n) is 3.83. The number of nitrogens with zero attached hydrogens (tertiary/aromatic N) is 2. The van der Waals surface area contributed by atoms with Crippen LogP contribution in [0.1, 0.15) is 43.0 Å². The third kappa shape index (κ3) is 2.86. The Labute approximate surface area is 107 Å². The van der Waals surface area contributed by atoms with Crippen molar-refractivity contribution in [2.45, 2.75) is 38.6 Å². The first-order valence-corrected chi connectivity index (χ1v) is 6.46. The maximum Gasteiger partial charge on any atom is 0.254 e. The van der Waals surface area contributed by atoms with Gasteiger partial charge in [0.25, 0.3) is 5.91 Å². The molecule has 0 radical (unpaired) electrons. The largest absolute Gasteiger partial charge is 0.339 e. The zero-order valence-corrected chi connectivity index (χ0v) is 10.9. The highest BCUT2D eigenvalue weighted by molar-refractivity contribution is 5.94. The van der Waals surface area contributed by atoms with E-state index in [1.807, 2.05) is 0 Å². The molecule has 2 rings (SSSR count). The quantitative estimate of drug-likeness (QED) is 0.756. The van der Waals surface area contributed by atoms with Crippen LogP contribution < -0.4 is 0 Å². The van der Waals surface area contributed by atoms with Crippen LogP contribution in [0.3, 0.4) is 0 Å². The first-order chi connectivity index (χ1) is 8.58. The molecule has 0 aliphatic heterocycles. The molecule has 1 aliphatic carbocycles. The number of aromatic nitrogens is 1. The summed E-state index contributed by atoms with van der Waals surface area (Å²) >= 11 is 0. The fraction of sp³-hybridized carbons (Fsp3) is 0.571. The molecule has 0 unspecified atom stereocenters. The van der Waals surface area contributed by atoms with E-state index < -0.39 is 5.95 Å². The average molecular weight is 250 g/mol. The molecule has 18 heavy (non-hydrogen) atoms. The molecule has 1 amide bonds. The van der Waals surface area contributed by atoms with E-state index in [1.54, 1.807) is 18.0 Å².